The van der Waals surface area contributed by atoms with Crippen molar-refractivity contribution >= 4 is 15.8 Å². The van der Waals surface area contributed by atoms with E-state index in [-0.39, 0.29) is 35.6 Å². The van der Waals surface area contributed by atoms with Gasteiger partial charge in [-0.15, -0.1) is 0 Å². The first-order valence-electron chi connectivity index (χ1n) is 8.48. The molecule has 1 heterocycles. The zero-order chi connectivity index (χ0) is 17.0. The maximum atomic E-state index is 13.0. The zero-order valence-electron chi connectivity index (χ0n) is 14.2. The molecule has 3 fully saturated rings. The van der Waals surface area contributed by atoms with Crippen LogP contribution in [0.25, 0.3) is 0 Å². The van der Waals surface area contributed by atoms with Gasteiger partial charge in [-0.05, 0) is 31.1 Å². The van der Waals surface area contributed by atoms with E-state index in [1.807, 2.05) is 6.92 Å². The van der Waals surface area contributed by atoms with Gasteiger partial charge in [0.1, 0.15) is 5.78 Å². The highest BCUT2D eigenvalue weighted by Gasteiger charge is 2.65. The Bertz CT molecular complexity index is 601. The third-order valence-electron chi connectivity index (χ3n) is 6.60. The van der Waals surface area contributed by atoms with Crippen molar-refractivity contribution in [1.82, 2.24) is 4.31 Å². The Balaban J connectivity index is 1.83. The van der Waals surface area contributed by atoms with E-state index in [2.05, 4.69) is 13.8 Å². The number of rotatable bonds is 4. The Kier molecular flexibility index (Phi) is 4.15. The normalized spacial score (nSPS) is 38.9. The minimum atomic E-state index is -3.50. The summed E-state index contributed by atoms with van der Waals surface area (Å²) >= 11 is 0. The van der Waals surface area contributed by atoms with Crippen LogP contribution in [0.1, 0.15) is 40.0 Å². The molecular weight excluding hydrogens is 316 g/mol. The number of hydrogen-bond donors (Lipinski definition) is 1. The van der Waals surface area contributed by atoms with Gasteiger partial charge in [0.15, 0.2) is 0 Å². The maximum Gasteiger partial charge on any atom is 0.215 e. The van der Waals surface area contributed by atoms with E-state index >= 15 is 0 Å². The molecule has 3 rings (SSSR count). The van der Waals surface area contributed by atoms with Crippen molar-refractivity contribution in [2.45, 2.75) is 52.2 Å². The Labute approximate surface area is 138 Å². The third-order valence-corrected chi connectivity index (χ3v) is 8.58. The van der Waals surface area contributed by atoms with E-state index in [1.165, 1.54) is 4.31 Å². The fourth-order valence-electron chi connectivity index (χ4n) is 4.73. The lowest BCUT2D eigenvalue weighted by Crippen LogP contribution is -2.54. The molecule has 132 valence electrons. The summed E-state index contributed by atoms with van der Waals surface area (Å²) in [6.45, 7) is 6.95. The molecule has 4 atom stereocenters. The van der Waals surface area contributed by atoms with Crippen LogP contribution in [0, 0.1) is 16.7 Å². The van der Waals surface area contributed by atoms with E-state index in [0.717, 1.165) is 6.42 Å². The van der Waals surface area contributed by atoms with Crippen molar-refractivity contribution in [2.75, 3.05) is 25.4 Å². The molecule has 2 N–H and O–H groups in total. The summed E-state index contributed by atoms with van der Waals surface area (Å²) in [7, 11) is -3.50. The van der Waals surface area contributed by atoms with Crippen LogP contribution < -0.4 is 5.73 Å². The van der Waals surface area contributed by atoms with Gasteiger partial charge in [-0.2, -0.15) is 4.31 Å². The van der Waals surface area contributed by atoms with Crippen LogP contribution >= 0.6 is 0 Å². The summed E-state index contributed by atoms with van der Waals surface area (Å²) < 4.78 is 33.0. The number of nitrogens with two attached hydrogens (primary N) is 1. The Morgan fingerprint density at radius 1 is 1.43 bits per heavy atom. The molecule has 6 nitrogen and oxygen atoms in total. The number of sulfonamides is 1. The number of morpholine rings is 1. The highest BCUT2D eigenvalue weighted by atomic mass is 32.2. The second-order valence-electron chi connectivity index (χ2n) is 8.05. The van der Waals surface area contributed by atoms with Crippen LogP contribution in [0.15, 0.2) is 0 Å². The summed E-state index contributed by atoms with van der Waals surface area (Å²) in [5, 5.41) is 0. The molecule has 0 aromatic carbocycles. The molecule has 2 saturated carbocycles. The minimum Gasteiger partial charge on any atom is -0.374 e. The highest BCUT2D eigenvalue weighted by Crippen LogP contribution is 2.64. The molecule has 0 spiro atoms. The predicted octanol–water partition coefficient (Wildman–Crippen LogP) is 0.760. The van der Waals surface area contributed by atoms with Gasteiger partial charge < -0.3 is 10.5 Å². The number of Topliss-reactive ketones (excluding diaryl/α,β-unsaturated/α-hetero) is 1. The van der Waals surface area contributed by atoms with E-state index in [0.29, 0.717) is 31.9 Å². The van der Waals surface area contributed by atoms with Gasteiger partial charge in [0.25, 0.3) is 0 Å². The number of hydrogen-bond acceptors (Lipinski definition) is 5. The first-order valence-corrected chi connectivity index (χ1v) is 10.1. The fraction of sp³-hybridized carbons (Fsp3) is 0.938. The molecule has 0 amide bonds. The second kappa shape index (κ2) is 5.51. The van der Waals surface area contributed by atoms with Crippen LogP contribution in [0.2, 0.25) is 0 Å². The Morgan fingerprint density at radius 3 is 2.65 bits per heavy atom. The molecule has 2 aliphatic carbocycles. The minimum absolute atomic E-state index is 0.0615. The van der Waals surface area contributed by atoms with Gasteiger partial charge in [-0.1, -0.05) is 13.8 Å². The molecule has 3 aliphatic rings. The average Bonchev–Trinajstić information content (AvgIpc) is 2.81. The average molecular weight is 344 g/mol. The van der Waals surface area contributed by atoms with Crippen molar-refractivity contribution in [3.8, 4) is 0 Å². The monoisotopic (exact) mass is 344 g/mol. The van der Waals surface area contributed by atoms with Crippen LogP contribution in [-0.2, 0) is 19.6 Å². The zero-order valence-corrected chi connectivity index (χ0v) is 15.1. The predicted molar refractivity (Wildman–Crippen MR) is 87.3 cm³/mol. The van der Waals surface area contributed by atoms with Gasteiger partial charge in [0, 0.05) is 31.0 Å². The largest absolute Gasteiger partial charge is 0.374 e. The van der Waals surface area contributed by atoms with E-state index in [4.69, 9.17) is 10.5 Å². The molecule has 0 aromatic heterocycles. The number of carbonyl (C=O) groups is 1. The summed E-state index contributed by atoms with van der Waals surface area (Å²) in [4.78, 5) is 12.6. The van der Waals surface area contributed by atoms with Gasteiger partial charge in [-0.25, -0.2) is 8.42 Å². The topological polar surface area (TPSA) is 89.7 Å². The van der Waals surface area contributed by atoms with Gasteiger partial charge in [0.05, 0.1) is 18.5 Å². The van der Waals surface area contributed by atoms with E-state index in [1.54, 1.807) is 0 Å². The summed E-state index contributed by atoms with van der Waals surface area (Å²) in [6, 6.07) is -0.216. The molecule has 1 aliphatic heterocycles. The molecule has 0 unspecified atom stereocenters. The van der Waals surface area contributed by atoms with Crippen molar-refractivity contribution in [1.29, 1.82) is 0 Å². The SMILES string of the molecule is C[C@@H](N)[C@@H]1CN(S(=O)(=O)C[C@@]23CC[C@@H](CC2=O)C3(C)C)CCO1. The van der Waals surface area contributed by atoms with Gasteiger partial charge >= 0.3 is 0 Å². The lowest BCUT2D eigenvalue weighted by atomic mass is 9.70. The van der Waals surface area contributed by atoms with Crippen molar-refractivity contribution < 1.29 is 17.9 Å². The van der Waals surface area contributed by atoms with Crippen LogP contribution in [-0.4, -0.2) is 56.1 Å². The van der Waals surface area contributed by atoms with E-state index in [9.17, 15) is 13.2 Å². The summed E-state index contributed by atoms with van der Waals surface area (Å²) in [6.07, 6.45) is 1.91. The smallest absolute Gasteiger partial charge is 0.215 e. The molecule has 0 aromatic rings. The summed E-state index contributed by atoms with van der Waals surface area (Å²) in [5.74, 6) is 0.402. The first kappa shape index (κ1) is 17.3. The van der Waals surface area contributed by atoms with Crippen LogP contribution in [0.5, 0.6) is 0 Å². The first-order chi connectivity index (χ1) is 10.6. The van der Waals surface area contributed by atoms with E-state index < -0.39 is 15.4 Å². The van der Waals surface area contributed by atoms with Gasteiger partial charge in [-0.3, -0.25) is 4.79 Å². The number of ketones is 1. The second-order valence-corrected chi connectivity index (χ2v) is 10.0. The Hall–Kier alpha value is -0.500. The Morgan fingerprint density at radius 2 is 2.13 bits per heavy atom. The summed E-state index contributed by atoms with van der Waals surface area (Å²) in [5.41, 5.74) is 4.92. The number of fused-ring (bicyclic) bond motifs is 2. The molecule has 7 heteroatoms. The highest BCUT2D eigenvalue weighted by molar-refractivity contribution is 7.89. The molecule has 0 radical (unpaired) electrons. The van der Waals surface area contributed by atoms with Crippen molar-refractivity contribution in [3.63, 3.8) is 0 Å². The number of nitrogens with zero attached hydrogens (tertiary/aromatic N) is 1. The van der Waals surface area contributed by atoms with Gasteiger partial charge in [0.2, 0.25) is 10.0 Å². The van der Waals surface area contributed by atoms with Crippen molar-refractivity contribution in [3.05, 3.63) is 0 Å². The number of carbonyl (C=O) groups excluding carboxylic acids is 1. The van der Waals surface area contributed by atoms with Crippen LogP contribution in [0.4, 0.5) is 0 Å². The lowest BCUT2D eigenvalue weighted by molar-refractivity contribution is -0.128. The van der Waals surface area contributed by atoms with Crippen molar-refractivity contribution in [2.24, 2.45) is 22.5 Å². The molecule has 23 heavy (non-hydrogen) atoms. The molecular formula is C16H28N2O4S. The standard InChI is InChI=1S/C16H28N2O4S/c1-11(17)13-9-18(6-7-22-13)23(20,21)10-16-5-4-12(8-14(16)19)15(16,2)3/h11-13H,4-10,17H2,1-3H3/t11-,12+,13+,16+/m1/s1. The quantitative estimate of drug-likeness (QED) is 0.813. The lowest BCUT2D eigenvalue weighted by Gasteiger charge is -2.39. The maximum absolute atomic E-state index is 13.0. The molecule has 1 saturated heterocycles. The molecule has 2 bridgehead atoms. The third kappa shape index (κ3) is 2.56. The van der Waals surface area contributed by atoms with Crippen LogP contribution in [0.3, 0.4) is 0 Å². The fourth-order valence-corrected chi connectivity index (χ4v) is 6.94. The number of ether oxygens (including phenoxy) is 1.